The van der Waals surface area contributed by atoms with E-state index in [9.17, 15) is 0 Å². The second kappa shape index (κ2) is 7.09. The molecule has 3 rings (SSSR count). The zero-order valence-electron chi connectivity index (χ0n) is 12.2. The monoisotopic (exact) mass is 283 g/mol. The number of nitrogens with zero attached hydrogens (tertiary/aromatic N) is 2. The minimum atomic E-state index is 0.504. The van der Waals surface area contributed by atoms with Crippen molar-refractivity contribution in [2.45, 2.75) is 13.0 Å². The summed E-state index contributed by atoms with van der Waals surface area (Å²) in [6.07, 6.45) is 2.96. The van der Waals surface area contributed by atoms with Crippen LogP contribution in [-0.4, -0.2) is 31.2 Å². The fourth-order valence-corrected chi connectivity index (χ4v) is 2.56. The van der Waals surface area contributed by atoms with Crippen molar-refractivity contribution in [1.82, 2.24) is 10.3 Å². The van der Waals surface area contributed by atoms with Gasteiger partial charge >= 0.3 is 0 Å². The molecule has 1 aliphatic rings. The van der Waals surface area contributed by atoms with Gasteiger partial charge in [0.1, 0.15) is 12.4 Å². The van der Waals surface area contributed by atoms with Gasteiger partial charge in [-0.25, -0.2) is 0 Å². The minimum Gasteiger partial charge on any atom is -0.485 e. The zero-order chi connectivity index (χ0) is 14.3. The van der Waals surface area contributed by atoms with Crippen LogP contribution in [0.5, 0.6) is 5.75 Å². The maximum absolute atomic E-state index is 5.99. The summed E-state index contributed by atoms with van der Waals surface area (Å²) in [7, 11) is 0. The predicted molar refractivity (Wildman–Crippen MR) is 84.7 cm³/mol. The van der Waals surface area contributed by atoms with Crippen LogP contribution >= 0.6 is 0 Å². The summed E-state index contributed by atoms with van der Waals surface area (Å²) >= 11 is 0. The molecule has 1 saturated heterocycles. The molecule has 1 aliphatic heterocycles. The summed E-state index contributed by atoms with van der Waals surface area (Å²) in [6.45, 7) is 4.70. The van der Waals surface area contributed by atoms with Crippen molar-refractivity contribution in [1.29, 1.82) is 0 Å². The average Bonchev–Trinajstić information content (AvgIpc) is 2.83. The van der Waals surface area contributed by atoms with Gasteiger partial charge < -0.3 is 15.0 Å². The summed E-state index contributed by atoms with van der Waals surface area (Å²) in [4.78, 5) is 6.70. The first-order valence-corrected chi connectivity index (χ1v) is 7.51. The number of nitrogens with one attached hydrogen (secondary N) is 1. The van der Waals surface area contributed by atoms with Crippen molar-refractivity contribution < 1.29 is 4.74 Å². The van der Waals surface area contributed by atoms with Crippen molar-refractivity contribution in [2.75, 3.05) is 31.1 Å². The molecule has 110 valence electrons. The van der Waals surface area contributed by atoms with Crippen LogP contribution in [0.4, 0.5) is 5.69 Å². The summed E-state index contributed by atoms with van der Waals surface area (Å²) in [5.41, 5.74) is 2.13. The lowest BCUT2D eigenvalue weighted by molar-refractivity contribution is 0.301. The fourth-order valence-electron chi connectivity index (χ4n) is 2.56. The van der Waals surface area contributed by atoms with Crippen LogP contribution in [-0.2, 0) is 6.61 Å². The quantitative estimate of drug-likeness (QED) is 0.935. The summed E-state index contributed by atoms with van der Waals surface area (Å²) < 4.78 is 5.99. The van der Waals surface area contributed by atoms with Crippen LogP contribution in [0, 0.1) is 0 Å². The number of para-hydroxylation sites is 2. The highest BCUT2D eigenvalue weighted by molar-refractivity contribution is 5.58. The van der Waals surface area contributed by atoms with Crippen LogP contribution in [0.3, 0.4) is 0 Å². The highest BCUT2D eigenvalue weighted by Crippen LogP contribution is 2.28. The molecule has 0 aliphatic carbocycles. The number of hydrogen-bond donors (Lipinski definition) is 1. The van der Waals surface area contributed by atoms with Gasteiger partial charge in [0.05, 0.1) is 11.4 Å². The Morgan fingerprint density at radius 1 is 1.05 bits per heavy atom. The van der Waals surface area contributed by atoms with Crippen LogP contribution in [0.15, 0.2) is 48.7 Å². The van der Waals surface area contributed by atoms with E-state index >= 15 is 0 Å². The average molecular weight is 283 g/mol. The van der Waals surface area contributed by atoms with E-state index in [2.05, 4.69) is 27.3 Å². The number of rotatable bonds is 4. The largest absolute Gasteiger partial charge is 0.485 e. The molecular formula is C17H21N3O. The lowest BCUT2D eigenvalue weighted by Gasteiger charge is -2.24. The first-order chi connectivity index (χ1) is 10.4. The number of anilines is 1. The number of aromatic nitrogens is 1. The fraction of sp³-hybridized carbons (Fsp3) is 0.353. The molecule has 1 aromatic carbocycles. The van der Waals surface area contributed by atoms with Crippen molar-refractivity contribution in [3.8, 4) is 5.75 Å². The van der Waals surface area contributed by atoms with E-state index in [1.54, 1.807) is 6.20 Å². The number of ether oxygens (including phenoxy) is 1. The Labute approximate surface area is 125 Å². The van der Waals surface area contributed by atoms with E-state index in [4.69, 9.17) is 4.74 Å². The highest BCUT2D eigenvalue weighted by Gasteiger charge is 2.13. The highest BCUT2D eigenvalue weighted by atomic mass is 16.5. The Hall–Kier alpha value is -2.07. The lowest BCUT2D eigenvalue weighted by atomic mass is 10.2. The first kappa shape index (κ1) is 13.9. The molecule has 0 spiro atoms. The molecular weight excluding hydrogens is 262 g/mol. The van der Waals surface area contributed by atoms with Gasteiger partial charge in [0, 0.05) is 25.8 Å². The molecule has 2 heterocycles. The van der Waals surface area contributed by atoms with E-state index < -0.39 is 0 Å². The SMILES string of the molecule is c1ccc(COc2ccccc2N2CCCNCC2)nc1. The molecule has 0 unspecified atom stereocenters. The molecule has 4 nitrogen and oxygen atoms in total. The van der Waals surface area contributed by atoms with Gasteiger partial charge in [-0.15, -0.1) is 0 Å². The summed E-state index contributed by atoms with van der Waals surface area (Å²) in [5, 5.41) is 3.43. The van der Waals surface area contributed by atoms with Gasteiger partial charge in [-0.2, -0.15) is 0 Å². The number of hydrogen-bond acceptors (Lipinski definition) is 4. The third-order valence-corrected chi connectivity index (χ3v) is 3.65. The van der Waals surface area contributed by atoms with Crippen molar-refractivity contribution in [2.24, 2.45) is 0 Å². The summed E-state index contributed by atoms with van der Waals surface area (Å²) in [6, 6.07) is 14.2. The Morgan fingerprint density at radius 3 is 2.86 bits per heavy atom. The third kappa shape index (κ3) is 3.73. The van der Waals surface area contributed by atoms with E-state index in [1.807, 2.05) is 30.3 Å². The van der Waals surface area contributed by atoms with Gasteiger partial charge in [0.2, 0.25) is 0 Å². The standard InChI is InChI=1S/C17H21N3O/c1-2-8-17(21-14-15-6-3-4-10-19-15)16(7-1)20-12-5-9-18-11-13-20/h1-4,6-8,10,18H,5,9,11-14H2. The van der Waals surface area contributed by atoms with Crippen LogP contribution in [0.1, 0.15) is 12.1 Å². The number of benzene rings is 1. The topological polar surface area (TPSA) is 37.4 Å². The third-order valence-electron chi connectivity index (χ3n) is 3.65. The normalized spacial score (nSPS) is 15.5. The Morgan fingerprint density at radius 2 is 1.95 bits per heavy atom. The molecule has 1 N–H and O–H groups in total. The second-order valence-electron chi connectivity index (χ2n) is 5.17. The van der Waals surface area contributed by atoms with Gasteiger partial charge in [-0.3, -0.25) is 4.98 Å². The molecule has 0 bridgehead atoms. The zero-order valence-corrected chi connectivity index (χ0v) is 12.2. The Kier molecular flexibility index (Phi) is 4.69. The maximum Gasteiger partial charge on any atom is 0.143 e. The number of pyridine rings is 1. The van der Waals surface area contributed by atoms with Gasteiger partial charge in [0.15, 0.2) is 0 Å². The molecule has 0 saturated carbocycles. The van der Waals surface area contributed by atoms with Crippen molar-refractivity contribution >= 4 is 5.69 Å². The van der Waals surface area contributed by atoms with E-state index in [1.165, 1.54) is 5.69 Å². The predicted octanol–water partition coefficient (Wildman–Crippen LogP) is 2.46. The Balaban J connectivity index is 1.72. The van der Waals surface area contributed by atoms with Gasteiger partial charge in [0.25, 0.3) is 0 Å². The van der Waals surface area contributed by atoms with E-state index in [-0.39, 0.29) is 0 Å². The van der Waals surface area contributed by atoms with Crippen molar-refractivity contribution in [3.63, 3.8) is 0 Å². The molecule has 1 aromatic heterocycles. The van der Waals surface area contributed by atoms with Gasteiger partial charge in [-0.05, 0) is 37.2 Å². The molecule has 4 heteroatoms. The van der Waals surface area contributed by atoms with Crippen molar-refractivity contribution in [3.05, 3.63) is 54.4 Å². The molecule has 1 fully saturated rings. The minimum absolute atomic E-state index is 0.504. The lowest BCUT2D eigenvalue weighted by Crippen LogP contribution is -2.28. The summed E-state index contributed by atoms with van der Waals surface area (Å²) in [5.74, 6) is 0.935. The maximum atomic E-state index is 5.99. The molecule has 0 radical (unpaired) electrons. The van der Waals surface area contributed by atoms with Crippen LogP contribution < -0.4 is 15.0 Å². The first-order valence-electron chi connectivity index (χ1n) is 7.51. The molecule has 2 aromatic rings. The van der Waals surface area contributed by atoms with Crippen LogP contribution in [0.2, 0.25) is 0 Å². The van der Waals surface area contributed by atoms with Gasteiger partial charge in [-0.1, -0.05) is 18.2 Å². The van der Waals surface area contributed by atoms with E-state index in [0.717, 1.165) is 44.0 Å². The van der Waals surface area contributed by atoms with Crippen LogP contribution in [0.25, 0.3) is 0 Å². The second-order valence-corrected chi connectivity index (χ2v) is 5.17. The molecule has 0 atom stereocenters. The van der Waals surface area contributed by atoms with E-state index in [0.29, 0.717) is 6.61 Å². The Bertz CT molecular complexity index is 551. The smallest absolute Gasteiger partial charge is 0.143 e. The molecule has 21 heavy (non-hydrogen) atoms. The molecule has 0 amide bonds.